The first-order valence-corrected chi connectivity index (χ1v) is 7.35. The summed E-state index contributed by atoms with van der Waals surface area (Å²) in [5.41, 5.74) is 0. The van der Waals surface area contributed by atoms with Crippen LogP contribution >= 0.6 is 27.3 Å². The van der Waals surface area contributed by atoms with E-state index in [-0.39, 0.29) is 0 Å². The lowest BCUT2D eigenvalue weighted by Crippen LogP contribution is -2.36. The van der Waals surface area contributed by atoms with Gasteiger partial charge in [0, 0.05) is 34.2 Å². The Bertz CT molecular complexity index is 496. The van der Waals surface area contributed by atoms with Crippen LogP contribution in [0.5, 0.6) is 0 Å². The van der Waals surface area contributed by atoms with E-state index in [1.165, 1.54) is 22.9 Å². The Hall–Kier alpha value is -0.610. The van der Waals surface area contributed by atoms with Crippen molar-refractivity contribution in [3.05, 3.63) is 23.7 Å². The standard InChI is InChI=1S/C12H13BrN2S/c13-9-2-1-6-15(8-9)12-10-4-7-16-11(10)3-5-14-12/h3-5,7,9H,1-2,6,8H2. The van der Waals surface area contributed by atoms with Gasteiger partial charge in [0.1, 0.15) is 5.82 Å². The highest BCUT2D eigenvalue weighted by Crippen LogP contribution is 2.30. The lowest BCUT2D eigenvalue weighted by atomic mass is 10.1. The van der Waals surface area contributed by atoms with Gasteiger partial charge in [-0.2, -0.15) is 0 Å². The van der Waals surface area contributed by atoms with Crippen molar-refractivity contribution in [2.45, 2.75) is 17.7 Å². The Labute approximate surface area is 107 Å². The molecule has 1 aliphatic heterocycles. The highest BCUT2D eigenvalue weighted by atomic mass is 79.9. The lowest BCUT2D eigenvalue weighted by Gasteiger charge is -2.31. The van der Waals surface area contributed by atoms with E-state index in [4.69, 9.17) is 0 Å². The van der Waals surface area contributed by atoms with Crippen molar-refractivity contribution in [3.8, 4) is 0 Å². The first kappa shape index (κ1) is 10.5. The molecule has 3 heterocycles. The van der Waals surface area contributed by atoms with Crippen LogP contribution in [-0.2, 0) is 0 Å². The van der Waals surface area contributed by atoms with Gasteiger partial charge in [-0.15, -0.1) is 11.3 Å². The van der Waals surface area contributed by atoms with Gasteiger partial charge in [-0.05, 0) is 30.4 Å². The molecule has 0 bridgehead atoms. The number of aromatic nitrogens is 1. The van der Waals surface area contributed by atoms with Gasteiger partial charge in [-0.3, -0.25) is 0 Å². The summed E-state index contributed by atoms with van der Waals surface area (Å²) in [6.45, 7) is 2.20. The van der Waals surface area contributed by atoms with Gasteiger partial charge in [0.2, 0.25) is 0 Å². The van der Waals surface area contributed by atoms with Crippen molar-refractivity contribution in [1.82, 2.24) is 4.98 Å². The largest absolute Gasteiger partial charge is 0.355 e. The van der Waals surface area contributed by atoms with E-state index in [1.807, 2.05) is 6.20 Å². The molecule has 2 aromatic heterocycles. The molecule has 0 saturated carbocycles. The maximum absolute atomic E-state index is 4.55. The quantitative estimate of drug-likeness (QED) is 0.747. The van der Waals surface area contributed by atoms with E-state index in [0.29, 0.717) is 4.83 Å². The fourth-order valence-electron chi connectivity index (χ4n) is 2.25. The maximum Gasteiger partial charge on any atom is 0.137 e. The minimum absolute atomic E-state index is 0.608. The fourth-order valence-corrected chi connectivity index (χ4v) is 3.70. The first-order chi connectivity index (χ1) is 7.84. The molecule has 0 N–H and O–H groups in total. The molecule has 0 spiro atoms. The topological polar surface area (TPSA) is 16.1 Å². The van der Waals surface area contributed by atoms with Gasteiger partial charge in [-0.1, -0.05) is 15.9 Å². The average Bonchev–Trinajstić information content (AvgIpc) is 2.76. The predicted molar refractivity (Wildman–Crippen MR) is 73.8 cm³/mol. The summed E-state index contributed by atoms with van der Waals surface area (Å²) in [6.07, 6.45) is 4.44. The van der Waals surface area contributed by atoms with Crippen LogP contribution in [0, 0.1) is 0 Å². The van der Waals surface area contributed by atoms with Crippen LogP contribution in [0.15, 0.2) is 23.7 Å². The van der Waals surface area contributed by atoms with Gasteiger partial charge in [-0.25, -0.2) is 4.98 Å². The Morgan fingerprint density at radius 2 is 2.38 bits per heavy atom. The molecule has 1 fully saturated rings. The number of fused-ring (bicyclic) bond motifs is 1. The lowest BCUT2D eigenvalue weighted by molar-refractivity contribution is 0.593. The molecular weight excluding hydrogens is 284 g/mol. The SMILES string of the molecule is BrC1CCCN(c2nccc3sccc23)C1. The predicted octanol–water partition coefficient (Wildman–Crippen LogP) is 3.66. The minimum Gasteiger partial charge on any atom is -0.355 e. The van der Waals surface area contributed by atoms with E-state index in [2.05, 4.69) is 43.3 Å². The van der Waals surface area contributed by atoms with E-state index >= 15 is 0 Å². The maximum atomic E-state index is 4.55. The molecule has 4 heteroatoms. The number of anilines is 1. The molecule has 0 aromatic carbocycles. The molecule has 84 valence electrons. The van der Waals surface area contributed by atoms with Crippen LogP contribution in [-0.4, -0.2) is 22.9 Å². The van der Waals surface area contributed by atoms with Crippen molar-refractivity contribution in [2.24, 2.45) is 0 Å². The molecule has 2 aromatic rings. The van der Waals surface area contributed by atoms with Crippen molar-refractivity contribution >= 4 is 43.2 Å². The number of hydrogen-bond donors (Lipinski definition) is 0. The zero-order valence-corrected chi connectivity index (χ0v) is 11.3. The summed E-state index contributed by atoms with van der Waals surface area (Å²) in [5.74, 6) is 1.16. The number of halogens is 1. The summed E-state index contributed by atoms with van der Waals surface area (Å²) >= 11 is 5.50. The van der Waals surface area contributed by atoms with Crippen molar-refractivity contribution in [2.75, 3.05) is 18.0 Å². The number of piperidine rings is 1. The molecular formula is C12H13BrN2S. The Morgan fingerprint density at radius 3 is 3.25 bits per heavy atom. The van der Waals surface area contributed by atoms with E-state index in [0.717, 1.165) is 18.9 Å². The van der Waals surface area contributed by atoms with Crippen LogP contribution in [0.3, 0.4) is 0 Å². The minimum atomic E-state index is 0.608. The number of thiophene rings is 1. The van der Waals surface area contributed by atoms with Crippen molar-refractivity contribution in [1.29, 1.82) is 0 Å². The van der Waals surface area contributed by atoms with Crippen LogP contribution in [0.25, 0.3) is 10.1 Å². The number of pyridine rings is 1. The number of nitrogens with zero attached hydrogens (tertiary/aromatic N) is 2. The van der Waals surface area contributed by atoms with Crippen molar-refractivity contribution in [3.63, 3.8) is 0 Å². The monoisotopic (exact) mass is 296 g/mol. The molecule has 1 atom stereocenters. The molecule has 1 aliphatic rings. The number of alkyl halides is 1. The molecule has 1 unspecified atom stereocenters. The van der Waals surface area contributed by atoms with Crippen molar-refractivity contribution < 1.29 is 0 Å². The fraction of sp³-hybridized carbons (Fsp3) is 0.417. The van der Waals surface area contributed by atoms with E-state index in [9.17, 15) is 0 Å². The summed E-state index contributed by atoms with van der Waals surface area (Å²) in [6, 6.07) is 4.28. The van der Waals surface area contributed by atoms with Gasteiger partial charge >= 0.3 is 0 Å². The van der Waals surface area contributed by atoms with Gasteiger partial charge < -0.3 is 4.90 Å². The molecule has 0 radical (unpaired) electrons. The third-order valence-corrected chi connectivity index (χ3v) is 4.65. The van der Waals surface area contributed by atoms with Gasteiger partial charge in [0.05, 0.1) is 0 Å². The van der Waals surface area contributed by atoms with E-state index in [1.54, 1.807) is 11.3 Å². The summed E-state index contributed by atoms with van der Waals surface area (Å²) in [7, 11) is 0. The molecule has 3 rings (SSSR count). The summed E-state index contributed by atoms with van der Waals surface area (Å²) in [4.78, 5) is 7.56. The first-order valence-electron chi connectivity index (χ1n) is 5.56. The highest BCUT2D eigenvalue weighted by molar-refractivity contribution is 9.09. The highest BCUT2D eigenvalue weighted by Gasteiger charge is 2.20. The second kappa shape index (κ2) is 4.34. The van der Waals surface area contributed by atoms with Crippen LogP contribution in [0.4, 0.5) is 5.82 Å². The molecule has 16 heavy (non-hydrogen) atoms. The molecule has 0 aliphatic carbocycles. The normalized spacial score (nSPS) is 21.6. The van der Waals surface area contributed by atoms with Crippen LogP contribution in [0.2, 0.25) is 0 Å². The zero-order valence-electron chi connectivity index (χ0n) is 8.90. The molecule has 0 amide bonds. The Balaban J connectivity index is 2.01. The Kier molecular flexibility index (Phi) is 2.86. The third-order valence-electron chi connectivity index (χ3n) is 3.02. The smallest absolute Gasteiger partial charge is 0.137 e. The third kappa shape index (κ3) is 1.84. The second-order valence-electron chi connectivity index (χ2n) is 4.15. The Morgan fingerprint density at radius 1 is 1.44 bits per heavy atom. The van der Waals surface area contributed by atoms with Crippen LogP contribution in [0.1, 0.15) is 12.8 Å². The van der Waals surface area contributed by atoms with Crippen LogP contribution < -0.4 is 4.90 Å². The average molecular weight is 297 g/mol. The number of rotatable bonds is 1. The molecule has 1 saturated heterocycles. The molecule has 2 nitrogen and oxygen atoms in total. The van der Waals surface area contributed by atoms with Gasteiger partial charge in [0.15, 0.2) is 0 Å². The van der Waals surface area contributed by atoms with E-state index < -0.39 is 0 Å². The second-order valence-corrected chi connectivity index (χ2v) is 6.40. The van der Waals surface area contributed by atoms with Gasteiger partial charge in [0.25, 0.3) is 0 Å². The number of hydrogen-bond acceptors (Lipinski definition) is 3. The zero-order chi connectivity index (χ0) is 11.0. The summed E-state index contributed by atoms with van der Waals surface area (Å²) < 4.78 is 1.33. The summed E-state index contributed by atoms with van der Waals surface area (Å²) in [5, 5.41) is 3.44.